The van der Waals surface area contributed by atoms with Crippen LogP contribution in [0.3, 0.4) is 0 Å². The Hall–Kier alpha value is -2.70. The summed E-state index contributed by atoms with van der Waals surface area (Å²) in [6.45, 7) is 4.76. The minimum Gasteiger partial charge on any atom is -0.488 e. The molecular formula is C24H28ClFN4O5S2. The van der Waals surface area contributed by atoms with E-state index in [2.05, 4.69) is 10.1 Å². The van der Waals surface area contributed by atoms with Crippen molar-refractivity contribution in [3.8, 4) is 5.75 Å². The van der Waals surface area contributed by atoms with Gasteiger partial charge < -0.3 is 9.47 Å². The lowest BCUT2D eigenvalue weighted by Gasteiger charge is -2.32. The number of aromatic nitrogens is 3. The van der Waals surface area contributed by atoms with Crippen LogP contribution >= 0.6 is 22.9 Å². The normalized spacial score (nSPS) is 18.4. The molecule has 200 valence electrons. The Morgan fingerprint density at radius 3 is 2.62 bits per heavy atom. The second-order valence-corrected chi connectivity index (χ2v) is 12.6. The van der Waals surface area contributed by atoms with Crippen molar-refractivity contribution in [1.29, 1.82) is 0 Å². The number of anilines is 1. The van der Waals surface area contributed by atoms with E-state index in [1.165, 1.54) is 10.9 Å². The molecule has 1 amide bonds. The van der Waals surface area contributed by atoms with Gasteiger partial charge in [-0.25, -0.2) is 22.6 Å². The van der Waals surface area contributed by atoms with Crippen molar-refractivity contribution in [2.45, 2.75) is 69.0 Å². The maximum absolute atomic E-state index is 15.4. The second-order valence-electron chi connectivity index (χ2n) is 9.74. The first kappa shape index (κ1) is 27.3. The number of ether oxygens (including phenoxy) is 2. The van der Waals surface area contributed by atoms with Gasteiger partial charge in [0.15, 0.2) is 5.82 Å². The molecule has 9 nitrogen and oxygen atoms in total. The summed E-state index contributed by atoms with van der Waals surface area (Å²) in [6, 6.07) is 3.82. The Balaban J connectivity index is 1.67. The van der Waals surface area contributed by atoms with Crippen LogP contribution < -0.4 is 9.04 Å². The van der Waals surface area contributed by atoms with Gasteiger partial charge in [0.05, 0.1) is 10.5 Å². The highest BCUT2D eigenvalue weighted by atomic mass is 35.5. The van der Waals surface area contributed by atoms with Gasteiger partial charge in [-0.15, -0.1) is 15.6 Å². The third-order valence-electron chi connectivity index (χ3n) is 5.91. The van der Waals surface area contributed by atoms with E-state index in [0.717, 1.165) is 54.8 Å². The summed E-state index contributed by atoms with van der Waals surface area (Å²) in [5, 5.41) is 5.49. The van der Waals surface area contributed by atoms with E-state index in [0.29, 0.717) is 4.31 Å². The van der Waals surface area contributed by atoms with E-state index < -0.39 is 32.4 Å². The van der Waals surface area contributed by atoms with Crippen molar-refractivity contribution >= 4 is 44.9 Å². The predicted octanol–water partition coefficient (Wildman–Crippen LogP) is 5.90. The van der Waals surface area contributed by atoms with Crippen molar-refractivity contribution in [1.82, 2.24) is 14.8 Å². The topological polar surface area (TPSA) is 104 Å². The van der Waals surface area contributed by atoms with E-state index in [1.807, 2.05) is 13.1 Å². The molecule has 0 N–H and O–H groups in total. The standard InChI is InChI=1S/C24H28ClFN4O5S2/c1-24(2,3)35-23(31)30(22-13-36-14-27-22)37(32,33)21-11-16(25)20(12-17(21)26)34-19-8-6-5-7-15(19)18-9-10-28-29(18)4/h9-15,19H,5-8H2,1-4H3/t15-,19+/m1/s1. The molecule has 0 bridgehead atoms. The zero-order chi connectivity index (χ0) is 27.0. The average molecular weight is 571 g/mol. The quantitative estimate of drug-likeness (QED) is 0.363. The molecule has 1 aromatic carbocycles. The first-order valence-corrected chi connectivity index (χ1v) is 14.4. The fourth-order valence-corrected chi connectivity index (χ4v) is 6.51. The molecule has 0 unspecified atom stereocenters. The molecule has 2 aromatic heterocycles. The lowest BCUT2D eigenvalue weighted by molar-refractivity contribution is 0.0608. The van der Waals surface area contributed by atoms with Crippen molar-refractivity contribution in [2.75, 3.05) is 4.31 Å². The van der Waals surface area contributed by atoms with Crippen LogP contribution in [0, 0.1) is 5.82 Å². The summed E-state index contributed by atoms with van der Waals surface area (Å²) in [7, 11) is -2.92. The minimum atomic E-state index is -4.77. The van der Waals surface area contributed by atoms with Crippen LogP contribution in [0.1, 0.15) is 58.1 Å². The summed E-state index contributed by atoms with van der Waals surface area (Å²) >= 11 is 7.50. The molecule has 0 radical (unpaired) electrons. The van der Waals surface area contributed by atoms with Gasteiger partial charge in [-0.1, -0.05) is 18.0 Å². The highest BCUT2D eigenvalue weighted by Crippen LogP contribution is 2.39. The molecule has 3 aromatic rings. The average Bonchev–Trinajstić information content (AvgIpc) is 3.47. The van der Waals surface area contributed by atoms with Crippen LogP contribution in [0.15, 0.2) is 40.2 Å². The van der Waals surface area contributed by atoms with Gasteiger partial charge in [-0.2, -0.15) is 5.10 Å². The van der Waals surface area contributed by atoms with Crippen LogP contribution in [-0.2, 0) is 21.8 Å². The van der Waals surface area contributed by atoms with E-state index in [1.54, 1.807) is 31.6 Å². The van der Waals surface area contributed by atoms with Crippen LogP contribution in [0.2, 0.25) is 5.02 Å². The highest BCUT2D eigenvalue weighted by molar-refractivity contribution is 7.93. The molecule has 1 aliphatic carbocycles. The lowest BCUT2D eigenvalue weighted by atomic mass is 9.84. The predicted molar refractivity (Wildman–Crippen MR) is 138 cm³/mol. The van der Waals surface area contributed by atoms with E-state index in [9.17, 15) is 13.2 Å². The molecule has 0 saturated heterocycles. The zero-order valence-corrected chi connectivity index (χ0v) is 23.2. The van der Waals surface area contributed by atoms with Gasteiger partial charge in [0.2, 0.25) is 0 Å². The molecule has 1 fully saturated rings. The molecule has 2 heterocycles. The van der Waals surface area contributed by atoms with Crippen molar-refractivity contribution in [3.63, 3.8) is 0 Å². The summed E-state index contributed by atoms with van der Waals surface area (Å²) < 4.78 is 56.0. The molecule has 1 saturated carbocycles. The SMILES string of the molecule is Cn1nccc1[C@H]1CCCC[C@@H]1Oc1cc(F)c(S(=O)(=O)N(C(=O)OC(C)(C)C)c2cscn2)cc1Cl. The maximum atomic E-state index is 15.4. The van der Waals surface area contributed by atoms with Crippen LogP contribution in [-0.4, -0.2) is 41.0 Å². The number of aryl methyl sites for hydroxylation is 1. The van der Waals surface area contributed by atoms with Gasteiger partial charge in [-0.3, -0.25) is 4.68 Å². The fraction of sp³-hybridized carbons (Fsp3) is 0.458. The molecule has 0 aliphatic heterocycles. The molecular weight excluding hydrogens is 543 g/mol. The van der Waals surface area contributed by atoms with Gasteiger partial charge in [0.25, 0.3) is 10.0 Å². The number of hydrogen-bond donors (Lipinski definition) is 0. The Labute approximate surface area is 224 Å². The first-order chi connectivity index (χ1) is 17.4. The number of hydrogen-bond acceptors (Lipinski definition) is 8. The summed E-state index contributed by atoms with van der Waals surface area (Å²) in [4.78, 5) is 16.0. The Morgan fingerprint density at radius 2 is 2.00 bits per heavy atom. The Kier molecular flexibility index (Phi) is 7.82. The molecule has 13 heteroatoms. The van der Waals surface area contributed by atoms with E-state index in [-0.39, 0.29) is 28.6 Å². The Morgan fingerprint density at radius 1 is 1.27 bits per heavy atom. The summed E-state index contributed by atoms with van der Waals surface area (Å²) in [5.41, 5.74) is 1.35. The number of carbonyl (C=O) groups excluding carboxylic acids is 1. The van der Waals surface area contributed by atoms with Crippen LogP contribution in [0.5, 0.6) is 5.75 Å². The van der Waals surface area contributed by atoms with Gasteiger partial charge >= 0.3 is 6.09 Å². The van der Waals surface area contributed by atoms with E-state index >= 15 is 4.39 Å². The number of rotatable bonds is 6. The first-order valence-electron chi connectivity index (χ1n) is 11.7. The van der Waals surface area contributed by atoms with Crippen molar-refractivity contribution in [3.05, 3.63) is 51.8 Å². The lowest BCUT2D eigenvalue weighted by Crippen LogP contribution is -2.41. The number of thiazole rings is 1. The zero-order valence-electron chi connectivity index (χ0n) is 20.8. The number of amides is 1. The van der Waals surface area contributed by atoms with Crippen molar-refractivity contribution < 1.29 is 27.1 Å². The summed E-state index contributed by atoms with van der Waals surface area (Å²) in [5.74, 6) is -1.28. The smallest absolute Gasteiger partial charge is 0.430 e. The molecule has 4 rings (SSSR count). The van der Waals surface area contributed by atoms with Crippen LogP contribution in [0.25, 0.3) is 0 Å². The largest absolute Gasteiger partial charge is 0.488 e. The number of sulfonamides is 1. The maximum Gasteiger partial charge on any atom is 0.430 e. The second kappa shape index (κ2) is 10.6. The molecule has 2 atom stereocenters. The third-order valence-corrected chi connectivity index (χ3v) is 8.47. The van der Waals surface area contributed by atoms with Gasteiger partial charge in [-0.05, 0) is 52.2 Å². The molecule has 1 aliphatic rings. The van der Waals surface area contributed by atoms with Gasteiger partial charge in [0, 0.05) is 36.3 Å². The molecule has 37 heavy (non-hydrogen) atoms. The highest BCUT2D eigenvalue weighted by Gasteiger charge is 2.38. The molecule has 0 spiro atoms. The fourth-order valence-electron chi connectivity index (χ4n) is 4.31. The minimum absolute atomic E-state index is 0.0228. The van der Waals surface area contributed by atoms with Crippen LogP contribution in [0.4, 0.5) is 15.0 Å². The number of halogens is 2. The number of benzene rings is 1. The van der Waals surface area contributed by atoms with E-state index in [4.69, 9.17) is 21.1 Å². The third kappa shape index (κ3) is 5.91. The number of nitrogens with zero attached hydrogens (tertiary/aromatic N) is 4. The Bertz CT molecular complexity index is 1370. The monoisotopic (exact) mass is 570 g/mol. The number of carbonyl (C=O) groups is 1. The van der Waals surface area contributed by atoms with Crippen molar-refractivity contribution in [2.24, 2.45) is 7.05 Å². The summed E-state index contributed by atoms with van der Waals surface area (Å²) in [6.07, 6.45) is 3.76. The van der Waals surface area contributed by atoms with Gasteiger partial charge in [0.1, 0.15) is 28.2 Å².